The van der Waals surface area contributed by atoms with E-state index < -0.39 is 0 Å². The van der Waals surface area contributed by atoms with Crippen molar-refractivity contribution in [1.82, 2.24) is 19.5 Å². The van der Waals surface area contributed by atoms with Gasteiger partial charge in [0, 0.05) is 43.1 Å². The Labute approximate surface area is 154 Å². The monoisotopic (exact) mass is 366 g/mol. The van der Waals surface area contributed by atoms with Crippen LogP contribution in [0, 0.1) is 11.7 Å². The van der Waals surface area contributed by atoms with E-state index in [4.69, 9.17) is 4.74 Å². The highest BCUT2D eigenvalue weighted by molar-refractivity contribution is 5.87. The lowest BCUT2D eigenvalue weighted by Crippen LogP contribution is -2.25. The summed E-state index contributed by atoms with van der Waals surface area (Å²) in [6, 6.07) is 7.17. The van der Waals surface area contributed by atoms with E-state index in [-0.39, 0.29) is 11.5 Å². The van der Waals surface area contributed by atoms with E-state index >= 15 is 0 Å². The minimum Gasteiger partial charge on any atom is -0.381 e. The van der Waals surface area contributed by atoms with Crippen molar-refractivity contribution < 1.29 is 9.13 Å². The lowest BCUT2D eigenvalue weighted by Gasteiger charge is -2.22. The molecule has 27 heavy (non-hydrogen) atoms. The fourth-order valence-corrected chi connectivity index (χ4v) is 3.85. The van der Waals surface area contributed by atoms with Gasteiger partial charge in [-0.2, -0.15) is 0 Å². The zero-order valence-electron chi connectivity index (χ0n) is 14.7. The molecule has 0 spiro atoms. The van der Waals surface area contributed by atoms with Crippen LogP contribution >= 0.6 is 0 Å². The van der Waals surface area contributed by atoms with Crippen molar-refractivity contribution >= 4 is 22.1 Å². The molecule has 2 N–H and O–H groups in total. The summed E-state index contributed by atoms with van der Waals surface area (Å²) in [5, 5.41) is 0.804. The van der Waals surface area contributed by atoms with E-state index in [1.54, 1.807) is 17.0 Å². The third-order valence-electron chi connectivity index (χ3n) is 5.36. The average molecular weight is 366 g/mol. The van der Waals surface area contributed by atoms with Crippen LogP contribution in [0.3, 0.4) is 0 Å². The van der Waals surface area contributed by atoms with Crippen molar-refractivity contribution in [3.63, 3.8) is 0 Å². The molecule has 0 atom stereocenters. The van der Waals surface area contributed by atoms with Crippen LogP contribution in [-0.4, -0.2) is 32.7 Å². The Balaban J connectivity index is 1.59. The Kier molecular flexibility index (Phi) is 3.82. The highest BCUT2D eigenvalue weighted by Gasteiger charge is 2.18. The van der Waals surface area contributed by atoms with Crippen LogP contribution < -0.4 is 5.69 Å². The smallest absolute Gasteiger partial charge is 0.327 e. The zero-order valence-corrected chi connectivity index (χ0v) is 14.7. The molecule has 1 fully saturated rings. The minimum atomic E-state index is -0.304. The Morgan fingerprint density at radius 3 is 2.93 bits per heavy atom. The summed E-state index contributed by atoms with van der Waals surface area (Å²) in [5.74, 6) is 0.106. The maximum absolute atomic E-state index is 14.3. The minimum absolute atomic E-state index is 0.159. The number of hydrogen-bond donors (Lipinski definition) is 2. The van der Waals surface area contributed by atoms with Crippen molar-refractivity contribution in [1.29, 1.82) is 0 Å². The van der Waals surface area contributed by atoms with E-state index in [9.17, 15) is 9.18 Å². The Morgan fingerprint density at radius 1 is 1.22 bits per heavy atom. The first-order valence-electron chi connectivity index (χ1n) is 9.12. The Morgan fingerprint density at radius 2 is 2.07 bits per heavy atom. The Hall–Kier alpha value is -2.93. The number of halogens is 1. The second-order valence-corrected chi connectivity index (χ2v) is 7.09. The quantitative estimate of drug-likeness (QED) is 0.583. The van der Waals surface area contributed by atoms with Crippen LogP contribution in [0.5, 0.6) is 0 Å². The van der Waals surface area contributed by atoms with Gasteiger partial charge in [0.1, 0.15) is 5.82 Å². The van der Waals surface area contributed by atoms with Crippen LogP contribution in [0.1, 0.15) is 12.8 Å². The molecule has 7 heteroatoms. The molecule has 0 unspecified atom stereocenters. The highest BCUT2D eigenvalue weighted by atomic mass is 19.1. The zero-order chi connectivity index (χ0) is 18.4. The number of H-pyrrole nitrogens is 2. The molecule has 4 heterocycles. The molecular formula is C20H19FN4O2. The van der Waals surface area contributed by atoms with Gasteiger partial charge in [0.25, 0.3) is 0 Å². The molecule has 5 rings (SSSR count). The molecule has 0 amide bonds. The first-order chi connectivity index (χ1) is 13.2. The number of aromatic nitrogens is 4. The summed E-state index contributed by atoms with van der Waals surface area (Å²) in [6.45, 7) is 2.11. The molecule has 0 radical (unpaired) electrons. The summed E-state index contributed by atoms with van der Waals surface area (Å²) in [4.78, 5) is 22.5. The lowest BCUT2D eigenvalue weighted by molar-refractivity contribution is 0.0613. The fraction of sp³-hybridized carbons (Fsp3) is 0.300. The van der Waals surface area contributed by atoms with Crippen LogP contribution in [0.2, 0.25) is 0 Å². The second kappa shape index (κ2) is 6.35. The number of benzene rings is 1. The molecule has 0 bridgehead atoms. The number of pyridine rings is 1. The molecule has 4 aromatic rings. The Bertz CT molecular complexity index is 1180. The standard InChI is InChI=1S/C20H19FN4O2/c21-16-8-14(7-13-1-4-22-18(13)16)15-9-17-19(23-10-15)24-20(26)25(17)11-12-2-5-27-6-3-12/h1,4,7-10,12,22H,2-3,5-6,11H2,(H,23,24,26). The van der Waals surface area contributed by atoms with Gasteiger partial charge in [-0.25, -0.2) is 14.2 Å². The molecule has 0 saturated carbocycles. The fourth-order valence-electron chi connectivity index (χ4n) is 3.85. The van der Waals surface area contributed by atoms with E-state index in [0.29, 0.717) is 23.6 Å². The molecule has 1 aromatic carbocycles. The molecule has 1 aliphatic rings. The number of nitrogens with one attached hydrogen (secondary N) is 2. The highest BCUT2D eigenvalue weighted by Crippen LogP contribution is 2.28. The molecule has 1 aliphatic heterocycles. The van der Waals surface area contributed by atoms with Crippen LogP contribution in [0.25, 0.3) is 33.2 Å². The average Bonchev–Trinajstić information content (AvgIpc) is 3.27. The summed E-state index contributed by atoms with van der Waals surface area (Å²) in [6.07, 6.45) is 5.28. The first kappa shape index (κ1) is 16.3. The van der Waals surface area contributed by atoms with Gasteiger partial charge in [0.05, 0.1) is 11.0 Å². The van der Waals surface area contributed by atoms with Crippen LogP contribution in [-0.2, 0) is 11.3 Å². The van der Waals surface area contributed by atoms with Gasteiger partial charge in [-0.3, -0.25) is 9.55 Å². The SMILES string of the molecule is O=c1[nH]c2ncc(-c3cc(F)c4[nH]ccc4c3)cc2n1CC1CCOCC1. The van der Waals surface area contributed by atoms with Crippen molar-refractivity contribution in [3.05, 3.63) is 53.0 Å². The molecule has 3 aromatic heterocycles. The second-order valence-electron chi connectivity index (χ2n) is 7.09. The van der Waals surface area contributed by atoms with Crippen molar-refractivity contribution in [2.24, 2.45) is 5.92 Å². The number of hydrogen-bond acceptors (Lipinski definition) is 3. The molecule has 1 saturated heterocycles. The summed E-state index contributed by atoms with van der Waals surface area (Å²) < 4.78 is 21.5. The van der Waals surface area contributed by atoms with Crippen LogP contribution in [0.4, 0.5) is 4.39 Å². The summed E-state index contributed by atoms with van der Waals surface area (Å²) in [7, 11) is 0. The predicted molar refractivity (Wildman–Crippen MR) is 101 cm³/mol. The third-order valence-corrected chi connectivity index (χ3v) is 5.36. The normalized spacial score (nSPS) is 15.7. The van der Waals surface area contributed by atoms with E-state index in [1.807, 2.05) is 18.2 Å². The van der Waals surface area contributed by atoms with Gasteiger partial charge in [-0.15, -0.1) is 0 Å². The van der Waals surface area contributed by atoms with E-state index in [0.717, 1.165) is 48.1 Å². The maximum Gasteiger partial charge on any atom is 0.327 e. The largest absolute Gasteiger partial charge is 0.381 e. The van der Waals surface area contributed by atoms with E-state index in [2.05, 4.69) is 15.0 Å². The number of imidazole rings is 1. The first-order valence-corrected chi connectivity index (χ1v) is 9.12. The lowest BCUT2D eigenvalue weighted by atomic mass is 10.0. The number of rotatable bonds is 3. The van der Waals surface area contributed by atoms with Gasteiger partial charge >= 0.3 is 5.69 Å². The van der Waals surface area contributed by atoms with Gasteiger partial charge < -0.3 is 9.72 Å². The number of aromatic amines is 2. The number of nitrogens with zero attached hydrogens (tertiary/aromatic N) is 2. The van der Waals surface area contributed by atoms with Gasteiger partial charge in [-0.05, 0) is 48.6 Å². The van der Waals surface area contributed by atoms with E-state index in [1.165, 1.54) is 6.07 Å². The van der Waals surface area contributed by atoms with Gasteiger partial charge in [-0.1, -0.05) is 0 Å². The van der Waals surface area contributed by atoms with Crippen molar-refractivity contribution in [2.75, 3.05) is 13.2 Å². The molecule has 6 nitrogen and oxygen atoms in total. The maximum atomic E-state index is 14.3. The molecule has 0 aliphatic carbocycles. The molecule has 138 valence electrons. The predicted octanol–water partition coefficient (Wildman–Crippen LogP) is 3.44. The molecular weight excluding hydrogens is 347 g/mol. The summed E-state index contributed by atoms with van der Waals surface area (Å²) in [5.41, 5.74) is 3.15. The summed E-state index contributed by atoms with van der Waals surface area (Å²) >= 11 is 0. The third kappa shape index (κ3) is 2.84. The van der Waals surface area contributed by atoms with Crippen LogP contribution in [0.15, 0.2) is 41.5 Å². The number of fused-ring (bicyclic) bond motifs is 2. The van der Waals surface area contributed by atoms with Crippen molar-refractivity contribution in [3.8, 4) is 11.1 Å². The number of ether oxygens (including phenoxy) is 1. The topological polar surface area (TPSA) is 75.7 Å². The van der Waals surface area contributed by atoms with Gasteiger partial charge in [0.2, 0.25) is 0 Å². The van der Waals surface area contributed by atoms with Gasteiger partial charge in [0.15, 0.2) is 5.65 Å². The van der Waals surface area contributed by atoms with Crippen molar-refractivity contribution in [2.45, 2.75) is 19.4 Å².